The molecule has 11 nitrogen and oxygen atoms in total. The number of aliphatic hydroxyl groups is 1. The van der Waals surface area contributed by atoms with Crippen LogP contribution in [0, 0.1) is 0 Å². The van der Waals surface area contributed by atoms with Crippen LogP contribution in [-0.4, -0.2) is 77.4 Å². The summed E-state index contributed by atoms with van der Waals surface area (Å²) in [6.07, 6.45) is -3.67. The molecule has 0 aromatic heterocycles. The highest BCUT2D eigenvalue weighted by molar-refractivity contribution is 7.47. The standard InChI is InChI=1S/C11H21BO11P2/c1-6-2-8(10(21-6)5-19-24(14,15)16)23-25(17,18)20-4-9-7(13)3-11(12)22-9/h6-11,13H,2-5H2,1H3,(H,17,18)(H2,14,15,16)/t6-,7+,8+,9+,10+,11+/m0/s1. The molecule has 0 aliphatic carbocycles. The topological polar surface area (TPSA) is 161 Å². The molecular formula is C11H21BO11P2. The van der Waals surface area contributed by atoms with Crippen molar-refractivity contribution < 1.29 is 52.0 Å². The summed E-state index contributed by atoms with van der Waals surface area (Å²) in [5, 5.41) is 9.66. The fraction of sp³-hybridized carbons (Fsp3) is 1.00. The van der Waals surface area contributed by atoms with Crippen LogP contribution < -0.4 is 0 Å². The van der Waals surface area contributed by atoms with E-state index in [1.54, 1.807) is 6.92 Å². The van der Waals surface area contributed by atoms with Gasteiger partial charge in [0.05, 0.1) is 25.4 Å². The normalized spacial score (nSPS) is 38.8. The third kappa shape index (κ3) is 7.01. The van der Waals surface area contributed by atoms with Gasteiger partial charge in [-0.15, -0.1) is 0 Å². The largest absolute Gasteiger partial charge is 0.472 e. The van der Waals surface area contributed by atoms with Crippen LogP contribution in [0.25, 0.3) is 0 Å². The molecule has 0 spiro atoms. The molecule has 25 heavy (non-hydrogen) atoms. The average molecular weight is 402 g/mol. The molecule has 0 amide bonds. The molecule has 1 unspecified atom stereocenters. The van der Waals surface area contributed by atoms with Crippen LogP contribution in [0.2, 0.25) is 0 Å². The summed E-state index contributed by atoms with van der Waals surface area (Å²) < 4.78 is 47.5. The minimum absolute atomic E-state index is 0.181. The summed E-state index contributed by atoms with van der Waals surface area (Å²) in [7, 11) is -3.75. The van der Waals surface area contributed by atoms with Gasteiger partial charge in [-0.05, 0) is 13.3 Å². The molecule has 2 radical (unpaired) electrons. The van der Waals surface area contributed by atoms with Crippen LogP contribution in [-0.2, 0) is 32.2 Å². The Balaban J connectivity index is 1.86. The van der Waals surface area contributed by atoms with Crippen LogP contribution in [0.15, 0.2) is 0 Å². The summed E-state index contributed by atoms with van der Waals surface area (Å²) in [5.41, 5.74) is 0. The first-order chi connectivity index (χ1) is 11.5. The summed E-state index contributed by atoms with van der Waals surface area (Å²) >= 11 is 0. The Morgan fingerprint density at radius 1 is 1.08 bits per heavy atom. The molecule has 2 aliphatic rings. The van der Waals surface area contributed by atoms with Gasteiger partial charge in [0, 0.05) is 12.4 Å². The second kappa shape index (κ2) is 8.45. The first kappa shape index (κ1) is 21.5. The zero-order valence-corrected chi connectivity index (χ0v) is 15.2. The van der Waals surface area contributed by atoms with Gasteiger partial charge in [-0.1, -0.05) is 0 Å². The van der Waals surface area contributed by atoms with Crippen LogP contribution in [0.4, 0.5) is 0 Å². The Kier molecular flexibility index (Phi) is 7.26. The summed E-state index contributed by atoms with van der Waals surface area (Å²) in [6, 6.07) is -0.680. The number of phosphoric ester groups is 2. The zero-order chi connectivity index (χ0) is 18.8. The molecule has 144 valence electrons. The lowest BCUT2D eigenvalue weighted by Crippen LogP contribution is -2.30. The Labute approximate surface area is 145 Å². The van der Waals surface area contributed by atoms with Gasteiger partial charge in [-0.3, -0.25) is 13.6 Å². The van der Waals surface area contributed by atoms with Crippen molar-refractivity contribution in [2.45, 2.75) is 56.3 Å². The molecule has 0 aromatic carbocycles. The highest BCUT2D eigenvalue weighted by atomic mass is 31.2. The number of aliphatic hydroxyl groups excluding tert-OH is 1. The minimum atomic E-state index is -4.71. The fourth-order valence-electron chi connectivity index (χ4n) is 2.63. The van der Waals surface area contributed by atoms with Gasteiger partial charge in [0.2, 0.25) is 0 Å². The van der Waals surface area contributed by atoms with E-state index in [4.69, 9.17) is 36.2 Å². The van der Waals surface area contributed by atoms with E-state index < -0.39 is 59.3 Å². The third-order valence-corrected chi connectivity index (χ3v) is 5.21. The predicted molar refractivity (Wildman–Crippen MR) is 82.6 cm³/mol. The zero-order valence-electron chi connectivity index (χ0n) is 13.4. The molecule has 0 saturated carbocycles. The summed E-state index contributed by atoms with van der Waals surface area (Å²) in [5.74, 6) is 0. The molecule has 14 heteroatoms. The molecule has 7 atom stereocenters. The Bertz CT molecular complexity index is 542. The highest BCUT2D eigenvalue weighted by Gasteiger charge is 2.41. The number of hydrogen-bond acceptors (Lipinski definition) is 8. The first-order valence-electron chi connectivity index (χ1n) is 7.55. The maximum absolute atomic E-state index is 12.1. The first-order valence-corrected chi connectivity index (χ1v) is 10.6. The molecule has 0 aromatic rings. The number of ether oxygens (including phenoxy) is 2. The van der Waals surface area contributed by atoms with E-state index in [0.29, 0.717) is 0 Å². The van der Waals surface area contributed by atoms with Crippen LogP contribution in [0.5, 0.6) is 0 Å². The Hall–Kier alpha value is 0.165. The Morgan fingerprint density at radius 2 is 1.72 bits per heavy atom. The van der Waals surface area contributed by atoms with E-state index in [9.17, 15) is 19.1 Å². The van der Waals surface area contributed by atoms with Gasteiger partial charge in [-0.2, -0.15) is 0 Å². The van der Waals surface area contributed by atoms with E-state index >= 15 is 0 Å². The van der Waals surface area contributed by atoms with E-state index in [1.165, 1.54) is 0 Å². The maximum Gasteiger partial charge on any atom is 0.472 e. The third-order valence-electron chi connectivity index (χ3n) is 3.72. The van der Waals surface area contributed by atoms with Crippen molar-refractivity contribution in [3.05, 3.63) is 0 Å². The number of hydrogen-bond donors (Lipinski definition) is 4. The van der Waals surface area contributed by atoms with Crippen molar-refractivity contribution in [1.82, 2.24) is 0 Å². The quantitative estimate of drug-likeness (QED) is 0.304. The summed E-state index contributed by atoms with van der Waals surface area (Å²) in [4.78, 5) is 27.3. The fourth-order valence-corrected chi connectivity index (χ4v) is 3.93. The smallest absolute Gasteiger partial charge is 0.390 e. The molecule has 2 heterocycles. The van der Waals surface area contributed by atoms with Crippen molar-refractivity contribution in [3.8, 4) is 0 Å². The van der Waals surface area contributed by atoms with Gasteiger partial charge >= 0.3 is 15.6 Å². The molecular weight excluding hydrogens is 381 g/mol. The predicted octanol–water partition coefficient (Wildman–Crippen LogP) is -0.580. The summed E-state index contributed by atoms with van der Waals surface area (Å²) in [6.45, 7) is 0.745. The van der Waals surface area contributed by atoms with E-state index in [-0.39, 0.29) is 18.9 Å². The number of rotatable bonds is 8. The van der Waals surface area contributed by atoms with E-state index in [0.717, 1.165) is 0 Å². The molecule has 4 N–H and O–H groups in total. The minimum Gasteiger partial charge on any atom is -0.390 e. The average Bonchev–Trinajstić information content (AvgIpc) is 2.95. The Morgan fingerprint density at radius 3 is 2.28 bits per heavy atom. The molecule has 2 fully saturated rings. The molecule has 2 rings (SSSR count). The van der Waals surface area contributed by atoms with Crippen LogP contribution in [0.3, 0.4) is 0 Å². The van der Waals surface area contributed by atoms with Crippen molar-refractivity contribution in [2.24, 2.45) is 0 Å². The monoisotopic (exact) mass is 402 g/mol. The lowest BCUT2D eigenvalue weighted by atomic mass is 9.96. The molecule has 2 saturated heterocycles. The molecule has 0 bridgehead atoms. The second-order valence-corrected chi connectivity index (χ2v) is 8.58. The van der Waals surface area contributed by atoms with Gasteiger partial charge in [0.25, 0.3) is 0 Å². The molecule has 2 aliphatic heterocycles. The van der Waals surface area contributed by atoms with Crippen molar-refractivity contribution in [1.29, 1.82) is 0 Å². The van der Waals surface area contributed by atoms with Crippen LogP contribution >= 0.6 is 15.6 Å². The van der Waals surface area contributed by atoms with Gasteiger partial charge in [0.1, 0.15) is 26.2 Å². The van der Waals surface area contributed by atoms with Gasteiger partial charge < -0.3 is 29.3 Å². The maximum atomic E-state index is 12.1. The lowest BCUT2D eigenvalue weighted by Gasteiger charge is -2.22. The van der Waals surface area contributed by atoms with Crippen molar-refractivity contribution in [2.75, 3.05) is 13.2 Å². The number of phosphoric acid groups is 2. The SMILES string of the molecule is [B][C@H]1C[C@@H](O)[C@@H](COP(=O)(O)O[C@@H]2C[C@H](C)O[C@@H]2COP(=O)(O)O)O1. The van der Waals surface area contributed by atoms with E-state index in [1.807, 2.05) is 0 Å². The van der Waals surface area contributed by atoms with Crippen LogP contribution in [0.1, 0.15) is 19.8 Å². The van der Waals surface area contributed by atoms with Crippen molar-refractivity contribution >= 4 is 23.5 Å². The van der Waals surface area contributed by atoms with E-state index in [2.05, 4.69) is 4.52 Å². The van der Waals surface area contributed by atoms with Gasteiger partial charge in [-0.25, -0.2) is 9.13 Å². The lowest BCUT2D eigenvalue weighted by molar-refractivity contribution is -0.0298. The van der Waals surface area contributed by atoms with Crippen molar-refractivity contribution in [3.63, 3.8) is 0 Å². The van der Waals surface area contributed by atoms with Gasteiger partial charge in [0.15, 0.2) is 0 Å². The second-order valence-electron chi connectivity index (χ2n) is 5.93. The highest BCUT2D eigenvalue weighted by Crippen LogP contribution is 2.48.